The fourth-order valence-electron chi connectivity index (χ4n) is 0.788. The minimum atomic E-state index is -0.390. The number of carbonyl (C=O) groups excluding carboxylic acids is 1. The normalized spacial score (nSPS) is 8.31. The molecule has 0 aromatic heterocycles. The van der Waals surface area contributed by atoms with E-state index in [2.05, 4.69) is 6.58 Å². The molecule has 0 saturated carbocycles. The predicted octanol–water partition coefficient (Wildman–Crippen LogP) is 1.76. The van der Waals surface area contributed by atoms with Crippen LogP contribution in [0.15, 0.2) is 43.0 Å². The van der Waals surface area contributed by atoms with Crippen molar-refractivity contribution >= 4 is 43.7 Å². The van der Waals surface area contributed by atoms with E-state index in [4.69, 9.17) is 4.74 Å². The van der Waals surface area contributed by atoms with Gasteiger partial charge in [-0.05, 0) is 5.56 Å². The van der Waals surface area contributed by atoms with Crippen LogP contribution in [0.4, 0.5) is 0 Å². The van der Waals surface area contributed by atoms with Crippen molar-refractivity contribution in [2.24, 2.45) is 0 Å². The van der Waals surface area contributed by atoms with Crippen molar-refractivity contribution in [3.8, 4) is 0 Å². The van der Waals surface area contributed by atoms with Crippen LogP contribution in [-0.4, -0.2) is 43.7 Å². The topological polar surface area (TPSA) is 26.3 Å². The average Bonchev–Trinajstić information content (AvgIpc) is 2.16. The molecule has 2 nitrogen and oxygen atoms in total. The van der Waals surface area contributed by atoms with Gasteiger partial charge in [0.1, 0.15) is 6.61 Å². The zero-order valence-corrected chi connectivity index (χ0v) is 9.61. The summed E-state index contributed by atoms with van der Waals surface area (Å²) in [4.78, 5) is 10.6. The van der Waals surface area contributed by atoms with Crippen LogP contribution in [-0.2, 0) is 16.1 Å². The Hall–Kier alpha value is -0.310. The molecule has 66 valence electrons. The molecule has 1 aromatic carbocycles. The monoisotopic (exact) mass is 204 g/mol. The molecule has 0 N–H and O–H groups in total. The van der Waals surface area contributed by atoms with Gasteiger partial charge in [0.05, 0.1) is 0 Å². The molecule has 0 aliphatic heterocycles. The summed E-state index contributed by atoms with van der Waals surface area (Å²) in [6.45, 7) is 3.61. The molecule has 0 amide bonds. The zero-order chi connectivity index (χ0) is 8.81. The first-order chi connectivity index (χ1) is 5.83. The summed E-state index contributed by atoms with van der Waals surface area (Å²) in [5.41, 5.74) is 0.979. The summed E-state index contributed by atoms with van der Waals surface area (Å²) in [6.07, 6.45) is 1.16. The van der Waals surface area contributed by atoms with Crippen LogP contribution in [0, 0.1) is 0 Å². The second kappa shape index (κ2) is 7.13. The van der Waals surface area contributed by atoms with Crippen LogP contribution >= 0.6 is 0 Å². The van der Waals surface area contributed by atoms with Gasteiger partial charge in [-0.1, -0.05) is 36.9 Å². The third-order valence-electron chi connectivity index (χ3n) is 1.39. The van der Waals surface area contributed by atoms with Gasteiger partial charge in [-0.3, -0.25) is 0 Å². The SMILES string of the molecule is C=CC(=O)OCc1ccccc1.[Ca+2].[H-].[H-]. The second-order valence-electron chi connectivity index (χ2n) is 2.30. The Kier molecular flexibility index (Phi) is 6.96. The Morgan fingerprint density at radius 1 is 1.46 bits per heavy atom. The van der Waals surface area contributed by atoms with Crippen LogP contribution < -0.4 is 0 Å². The number of benzene rings is 1. The standard InChI is InChI=1S/C10H10O2.Ca.2H/c1-2-10(11)12-8-9-6-4-3-5-7-9;;;/h2-7H,1,8H2;;;/q;+2;2*-1. The molecular formula is C10H12CaO2. The van der Waals surface area contributed by atoms with Gasteiger partial charge in [0.25, 0.3) is 0 Å². The Balaban J connectivity index is -0.000000480. The maximum Gasteiger partial charge on any atom is 2.00 e. The molecule has 13 heavy (non-hydrogen) atoms. The molecule has 1 aromatic rings. The van der Waals surface area contributed by atoms with E-state index in [0.717, 1.165) is 11.6 Å². The third-order valence-corrected chi connectivity index (χ3v) is 1.39. The van der Waals surface area contributed by atoms with Gasteiger partial charge in [0, 0.05) is 6.08 Å². The summed E-state index contributed by atoms with van der Waals surface area (Å²) in [6, 6.07) is 9.51. The van der Waals surface area contributed by atoms with Gasteiger partial charge in [0.2, 0.25) is 0 Å². The van der Waals surface area contributed by atoms with Crippen LogP contribution in [0.1, 0.15) is 8.42 Å². The number of hydrogen-bond acceptors (Lipinski definition) is 2. The smallest absolute Gasteiger partial charge is 1.00 e. The summed E-state index contributed by atoms with van der Waals surface area (Å²) in [5.74, 6) is -0.390. The second-order valence-corrected chi connectivity index (χ2v) is 2.30. The first kappa shape index (κ1) is 12.7. The molecule has 0 aliphatic carbocycles. The minimum Gasteiger partial charge on any atom is -1.00 e. The Morgan fingerprint density at radius 2 is 2.08 bits per heavy atom. The molecule has 0 saturated heterocycles. The van der Waals surface area contributed by atoms with Crippen molar-refractivity contribution in [1.29, 1.82) is 0 Å². The average molecular weight is 204 g/mol. The van der Waals surface area contributed by atoms with E-state index in [0.29, 0.717) is 6.61 Å². The van der Waals surface area contributed by atoms with E-state index >= 15 is 0 Å². The van der Waals surface area contributed by atoms with Gasteiger partial charge in [0.15, 0.2) is 0 Å². The van der Waals surface area contributed by atoms with Gasteiger partial charge < -0.3 is 7.59 Å². The molecule has 0 aliphatic rings. The molecule has 0 unspecified atom stereocenters. The first-order valence-electron chi connectivity index (χ1n) is 3.66. The Bertz CT molecular complexity index is 278. The molecule has 0 fully saturated rings. The van der Waals surface area contributed by atoms with Crippen molar-refractivity contribution < 1.29 is 12.4 Å². The maximum absolute atomic E-state index is 10.6. The van der Waals surface area contributed by atoms with E-state index in [-0.39, 0.29) is 46.6 Å². The molecule has 1 rings (SSSR count). The van der Waals surface area contributed by atoms with Crippen molar-refractivity contribution in [2.45, 2.75) is 6.61 Å². The number of hydrogen-bond donors (Lipinski definition) is 0. The molecule has 0 atom stereocenters. The molecule has 0 radical (unpaired) electrons. The van der Waals surface area contributed by atoms with E-state index in [9.17, 15) is 4.79 Å². The Morgan fingerprint density at radius 3 is 2.62 bits per heavy atom. The maximum atomic E-state index is 10.6. The van der Waals surface area contributed by atoms with Gasteiger partial charge in [-0.25, -0.2) is 4.79 Å². The molecule has 0 heterocycles. The summed E-state index contributed by atoms with van der Waals surface area (Å²) in [7, 11) is 0. The predicted molar refractivity (Wildman–Crippen MR) is 54.4 cm³/mol. The number of ether oxygens (including phenoxy) is 1. The quantitative estimate of drug-likeness (QED) is 0.426. The van der Waals surface area contributed by atoms with Crippen molar-refractivity contribution in [3.63, 3.8) is 0 Å². The largest absolute Gasteiger partial charge is 2.00 e. The number of esters is 1. The number of carbonyl (C=O) groups is 1. The fourth-order valence-corrected chi connectivity index (χ4v) is 0.788. The van der Waals surface area contributed by atoms with Crippen molar-refractivity contribution in [2.75, 3.05) is 0 Å². The zero-order valence-electron chi connectivity index (χ0n) is 9.40. The molecular weight excluding hydrogens is 192 g/mol. The van der Waals surface area contributed by atoms with Crippen LogP contribution in [0.3, 0.4) is 0 Å². The van der Waals surface area contributed by atoms with E-state index < -0.39 is 0 Å². The van der Waals surface area contributed by atoms with Crippen LogP contribution in [0.5, 0.6) is 0 Å². The van der Waals surface area contributed by atoms with E-state index in [1.54, 1.807) is 0 Å². The van der Waals surface area contributed by atoms with Gasteiger partial charge in [-0.2, -0.15) is 0 Å². The summed E-state index contributed by atoms with van der Waals surface area (Å²) in [5, 5.41) is 0. The first-order valence-corrected chi connectivity index (χ1v) is 3.66. The summed E-state index contributed by atoms with van der Waals surface area (Å²) < 4.78 is 4.82. The molecule has 0 spiro atoms. The van der Waals surface area contributed by atoms with E-state index in [1.165, 1.54) is 0 Å². The van der Waals surface area contributed by atoms with Crippen LogP contribution in [0.25, 0.3) is 0 Å². The fraction of sp³-hybridized carbons (Fsp3) is 0.100. The Labute approximate surface area is 111 Å². The van der Waals surface area contributed by atoms with Crippen LogP contribution in [0.2, 0.25) is 0 Å². The third kappa shape index (κ3) is 5.09. The van der Waals surface area contributed by atoms with Crippen molar-refractivity contribution in [1.82, 2.24) is 0 Å². The van der Waals surface area contributed by atoms with E-state index in [1.807, 2.05) is 30.3 Å². The molecule has 3 heteroatoms. The summed E-state index contributed by atoms with van der Waals surface area (Å²) >= 11 is 0. The van der Waals surface area contributed by atoms with Crippen molar-refractivity contribution in [3.05, 3.63) is 48.6 Å². The van der Waals surface area contributed by atoms with Gasteiger partial charge >= 0.3 is 43.7 Å². The number of rotatable bonds is 3. The molecule has 0 bridgehead atoms. The minimum absolute atomic E-state index is 0. The van der Waals surface area contributed by atoms with Gasteiger partial charge in [-0.15, -0.1) is 0 Å².